The van der Waals surface area contributed by atoms with Crippen LogP contribution in [0, 0.1) is 6.92 Å². The molecule has 138 valence electrons. The molecule has 5 nitrogen and oxygen atoms in total. The molecular weight excluding hydrogens is 374 g/mol. The van der Waals surface area contributed by atoms with Gasteiger partial charge < -0.3 is 10.1 Å². The third-order valence-corrected chi connectivity index (χ3v) is 5.05. The summed E-state index contributed by atoms with van der Waals surface area (Å²) < 4.78 is 5.05. The first kappa shape index (κ1) is 20.1. The number of halogens is 1. The quantitative estimate of drug-likeness (QED) is 0.628. The van der Waals surface area contributed by atoms with Crippen molar-refractivity contribution in [2.45, 2.75) is 32.6 Å². The molecule has 2 aromatic rings. The summed E-state index contributed by atoms with van der Waals surface area (Å²) in [5.74, 6) is 0.105. The summed E-state index contributed by atoms with van der Waals surface area (Å²) in [6.45, 7) is 1.93. The van der Waals surface area contributed by atoms with Gasteiger partial charge in [0.05, 0.1) is 17.0 Å². The van der Waals surface area contributed by atoms with E-state index in [4.69, 9.17) is 16.3 Å². The highest BCUT2D eigenvalue weighted by molar-refractivity contribution is 7.14. The molecule has 1 N–H and O–H groups in total. The van der Waals surface area contributed by atoms with E-state index in [1.807, 2.05) is 13.0 Å². The number of hydrogen-bond donors (Lipinski definition) is 1. The van der Waals surface area contributed by atoms with Crippen LogP contribution in [0.5, 0.6) is 5.75 Å². The van der Waals surface area contributed by atoms with Crippen molar-refractivity contribution in [3.8, 4) is 5.75 Å². The molecule has 0 spiro atoms. The minimum atomic E-state index is -0.278. The number of carbonyl (C=O) groups excluding carboxylic acids is 3. The minimum absolute atomic E-state index is 0.0335. The minimum Gasteiger partial charge on any atom is -0.495 e. The normalized spacial score (nSPS) is 10.4. The van der Waals surface area contributed by atoms with Crippen molar-refractivity contribution in [2.24, 2.45) is 0 Å². The van der Waals surface area contributed by atoms with Gasteiger partial charge in [-0.25, -0.2) is 0 Å². The number of benzene rings is 1. The van der Waals surface area contributed by atoms with Crippen LogP contribution in [-0.2, 0) is 9.59 Å². The molecule has 1 aromatic carbocycles. The number of methoxy groups -OCH3 is 1. The van der Waals surface area contributed by atoms with E-state index in [1.165, 1.54) is 18.4 Å². The van der Waals surface area contributed by atoms with Gasteiger partial charge in [0.15, 0.2) is 5.78 Å². The molecule has 0 radical (unpaired) electrons. The molecule has 1 heterocycles. The summed E-state index contributed by atoms with van der Waals surface area (Å²) in [5, 5.41) is 3.08. The number of aryl methyl sites for hydroxylation is 1. The average Bonchev–Trinajstić information content (AvgIpc) is 3.04. The highest BCUT2D eigenvalue weighted by Crippen LogP contribution is 2.27. The molecule has 26 heavy (non-hydrogen) atoms. The van der Waals surface area contributed by atoms with Crippen LogP contribution >= 0.6 is 22.9 Å². The number of thiophene rings is 1. The highest BCUT2D eigenvalue weighted by atomic mass is 35.5. The molecule has 0 fully saturated rings. The van der Waals surface area contributed by atoms with E-state index in [-0.39, 0.29) is 43.2 Å². The van der Waals surface area contributed by atoms with Crippen molar-refractivity contribution in [3.63, 3.8) is 0 Å². The second kappa shape index (κ2) is 9.50. The van der Waals surface area contributed by atoms with Crippen molar-refractivity contribution in [1.29, 1.82) is 0 Å². The predicted octanol–water partition coefficient (Wildman–Crippen LogP) is 4.67. The van der Waals surface area contributed by atoms with Gasteiger partial charge in [-0.3, -0.25) is 14.4 Å². The van der Waals surface area contributed by atoms with Crippen molar-refractivity contribution in [3.05, 3.63) is 45.1 Å². The van der Waals surface area contributed by atoms with E-state index in [1.54, 1.807) is 24.3 Å². The van der Waals surface area contributed by atoms with Gasteiger partial charge in [-0.2, -0.15) is 0 Å². The van der Waals surface area contributed by atoms with Gasteiger partial charge in [0.1, 0.15) is 11.5 Å². The van der Waals surface area contributed by atoms with Crippen molar-refractivity contribution in [2.75, 3.05) is 12.4 Å². The van der Waals surface area contributed by atoms with Crippen molar-refractivity contribution < 1.29 is 19.1 Å². The Kier molecular flexibility index (Phi) is 7.36. The lowest BCUT2D eigenvalue weighted by molar-refractivity contribution is -0.122. The number of amides is 1. The average molecular weight is 394 g/mol. The second-order valence-electron chi connectivity index (χ2n) is 5.77. The molecule has 2 rings (SSSR count). The van der Waals surface area contributed by atoms with Gasteiger partial charge in [0, 0.05) is 36.2 Å². The molecule has 0 aliphatic rings. The number of Topliss-reactive ketones (excluding diaryl/α,β-unsaturated/α-hetero) is 2. The van der Waals surface area contributed by atoms with Crippen LogP contribution in [0.3, 0.4) is 0 Å². The fourth-order valence-electron chi connectivity index (χ4n) is 2.31. The molecule has 0 atom stereocenters. The second-order valence-corrected chi connectivity index (χ2v) is 7.46. The zero-order valence-corrected chi connectivity index (χ0v) is 16.2. The van der Waals surface area contributed by atoms with Crippen LogP contribution in [0.2, 0.25) is 5.02 Å². The Balaban J connectivity index is 1.73. The SMILES string of the molecule is COc1ccc(NC(=O)CCC(=O)CCC(=O)c2ccc(C)s2)cc1Cl. The molecule has 1 aromatic heterocycles. The number of nitrogens with one attached hydrogen (secondary N) is 1. The molecule has 0 saturated carbocycles. The summed E-state index contributed by atoms with van der Waals surface area (Å²) in [5.41, 5.74) is 0.538. The Labute approximate surface area is 161 Å². The fourth-order valence-corrected chi connectivity index (χ4v) is 3.40. The van der Waals surface area contributed by atoms with E-state index >= 15 is 0 Å². The summed E-state index contributed by atoms with van der Waals surface area (Å²) in [7, 11) is 1.51. The maximum absolute atomic E-state index is 12.0. The number of hydrogen-bond acceptors (Lipinski definition) is 5. The Morgan fingerprint density at radius 2 is 1.81 bits per heavy atom. The van der Waals surface area contributed by atoms with Crippen LogP contribution in [0.25, 0.3) is 0 Å². The van der Waals surface area contributed by atoms with Crippen LogP contribution in [0.15, 0.2) is 30.3 Å². The zero-order valence-electron chi connectivity index (χ0n) is 14.6. The van der Waals surface area contributed by atoms with Crippen LogP contribution < -0.4 is 10.1 Å². The number of ketones is 2. The van der Waals surface area contributed by atoms with Crippen LogP contribution in [0.1, 0.15) is 40.2 Å². The van der Waals surface area contributed by atoms with E-state index < -0.39 is 0 Å². The van der Waals surface area contributed by atoms with Gasteiger partial charge in [-0.1, -0.05) is 11.6 Å². The monoisotopic (exact) mass is 393 g/mol. The number of rotatable bonds is 9. The summed E-state index contributed by atoms with van der Waals surface area (Å²) in [6, 6.07) is 8.57. The molecular formula is C19H20ClNO4S. The fraction of sp³-hybridized carbons (Fsp3) is 0.316. The molecule has 7 heteroatoms. The molecule has 0 aliphatic heterocycles. The summed E-state index contributed by atoms with van der Waals surface area (Å²) >= 11 is 7.43. The number of anilines is 1. The molecule has 0 unspecified atom stereocenters. The molecule has 0 aliphatic carbocycles. The van der Waals surface area contributed by atoms with Gasteiger partial charge in [-0.05, 0) is 37.3 Å². The maximum Gasteiger partial charge on any atom is 0.224 e. The first-order valence-corrected chi connectivity index (χ1v) is 9.33. The number of carbonyl (C=O) groups is 3. The first-order valence-electron chi connectivity index (χ1n) is 8.13. The Bertz CT molecular complexity index is 816. The van der Waals surface area contributed by atoms with Crippen molar-refractivity contribution >= 4 is 46.1 Å². The molecule has 1 amide bonds. The Hall–Kier alpha value is -2.18. The largest absolute Gasteiger partial charge is 0.495 e. The highest BCUT2D eigenvalue weighted by Gasteiger charge is 2.13. The van der Waals surface area contributed by atoms with E-state index in [0.717, 1.165) is 4.88 Å². The van der Waals surface area contributed by atoms with Gasteiger partial charge in [0.2, 0.25) is 5.91 Å². The smallest absolute Gasteiger partial charge is 0.224 e. The third kappa shape index (κ3) is 5.97. The van der Waals surface area contributed by atoms with Gasteiger partial charge >= 0.3 is 0 Å². The van der Waals surface area contributed by atoms with Gasteiger partial charge in [-0.15, -0.1) is 11.3 Å². The molecule has 0 saturated heterocycles. The lowest BCUT2D eigenvalue weighted by Gasteiger charge is -2.08. The lowest BCUT2D eigenvalue weighted by Crippen LogP contribution is -2.14. The Morgan fingerprint density at radius 1 is 1.08 bits per heavy atom. The summed E-state index contributed by atoms with van der Waals surface area (Å²) in [4.78, 5) is 37.6. The lowest BCUT2D eigenvalue weighted by atomic mass is 10.1. The topological polar surface area (TPSA) is 72.5 Å². The molecule has 0 bridgehead atoms. The van der Waals surface area contributed by atoms with E-state index in [2.05, 4.69) is 5.32 Å². The van der Waals surface area contributed by atoms with Gasteiger partial charge in [0.25, 0.3) is 0 Å². The van der Waals surface area contributed by atoms with Crippen LogP contribution in [0.4, 0.5) is 5.69 Å². The Morgan fingerprint density at radius 3 is 2.42 bits per heavy atom. The zero-order chi connectivity index (χ0) is 19.1. The van der Waals surface area contributed by atoms with Crippen molar-refractivity contribution in [1.82, 2.24) is 0 Å². The standard InChI is InChI=1S/C19H20ClNO4S/c1-12-3-9-18(26-12)16(23)7-5-14(22)6-10-19(24)21-13-4-8-17(25-2)15(20)11-13/h3-4,8-9,11H,5-7,10H2,1-2H3,(H,21,24). The first-order chi connectivity index (χ1) is 12.4. The summed E-state index contributed by atoms with van der Waals surface area (Å²) in [6.07, 6.45) is 0.493. The predicted molar refractivity (Wildman–Crippen MR) is 103 cm³/mol. The number of ether oxygens (including phenoxy) is 1. The van der Waals surface area contributed by atoms with E-state index in [9.17, 15) is 14.4 Å². The van der Waals surface area contributed by atoms with E-state index in [0.29, 0.717) is 21.3 Å². The maximum atomic E-state index is 12.0. The van der Waals surface area contributed by atoms with Crippen LogP contribution in [-0.4, -0.2) is 24.6 Å². The third-order valence-electron chi connectivity index (χ3n) is 3.71.